The highest BCUT2D eigenvalue weighted by atomic mass is 35.5. The highest BCUT2D eigenvalue weighted by Crippen LogP contribution is 2.20. The summed E-state index contributed by atoms with van der Waals surface area (Å²) in [7, 11) is 0. The van der Waals surface area contributed by atoms with Crippen LogP contribution < -0.4 is 4.90 Å². The molecule has 5 heteroatoms. The van der Waals surface area contributed by atoms with E-state index in [1.54, 1.807) is 36.4 Å². The van der Waals surface area contributed by atoms with Crippen LogP contribution in [-0.4, -0.2) is 16.3 Å². The summed E-state index contributed by atoms with van der Waals surface area (Å²) in [5.74, 6) is -0.520. The van der Waals surface area contributed by atoms with Gasteiger partial charge in [0, 0.05) is 6.20 Å². The van der Waals surface area contributed by atoms with E-state index in [1.165, 1.54) is 12.1 Å². The molecule has 110 valence electrons. The second-order valence-electron chi connectivity index (χ2n) is 4.89. The Morgan fingerprint density at radius 3 is 2.57 bits per heavy atom. The third-order valence-corrected chi connectivity index (χ3v) is 3.22. The molecule has 0 aliphatic carbocycles. The Balaban J connectivity index is 2.32. The number of benzene rings is 1. The van der Waals surface area contributed by atoms with Crippen molar-refractivity contribution in [3.63, 3.8) is 0 Å². The lowest BCUT2D eigenvalue weighted by atomic mass is 10.2. The fourth-order valence-corrected chi connectivity index (χ4v) is 2.09. The van der Waals surface area contributed by atoms with Gasteiger partial charge in [0.1, 0.15) is 11.2 Å². The highest BCUT2D eigenvalue weighted by Gasteiger charge is 2.21. The number of hydrogen-bond donors (Lipinski definition) is 0. The Morgan fingerprint density at radius 2 is 2.00 bits per heavy atom. The van der Waals surface area contributed by atoms with Gasteiger partial charge in [-0.25, -0.2) is 4.39 Å². The second-order valence-corrected chi connectivity index (χ2v) is 5.54. The molecule has 1 amide bonds. The van der Waals surface area contributed by atoms with Crippen LogP contribution in [-0.2, 0) is 11.3 Å². The van der Waals surface area contributed by atoms with Crippen molar-refractivity contribution in [2.24, 2.45) is 0 Å². The average molecular weight is 307 g/mol. The quantitative estimate of drug-likeness (QED) is 0.807. The summed E-state index contributed by atoms with van der Waals surface area (Å²) in [6.07, 6.45) is 3.34. The fourth-order valence-electron chi connectivity index (χ4n) is 1.97. The summed E-state index contributed by atoms with van der Waals surface area (Å²) in [5, 5.41) is -0.647. The second kappa shape index (κ2) is 6.68. The molecule has 0 fully saturated rings. The number of nitrogens with zero attached hydrogens (tertiary/aromatic N) is 2. The Labute approximate surface area is 128 Å². The number of rotatable bonds is 4. The van der Waals surface area contributed by atoms with E-state index in [0.717, 1.165) is 11.1 Å². The molecule has 1 aromatic heterocycles. The van der Waals surface area contributed by atoms with Gasteiger partial charge >= 0.3 is 0 Å². The van der Waals surface area contributed by atoms with Crippen molar-refractivity contribution in [1.29, 1.82) is 0 Å². The van der Waals surface area contributed by atoms with E-state index in [0.29, 0.717) is 12.2 Å². The average Bonchev–Trinajstić information content (AvgIpc) is 2.46. The minimum Gasteiger partial charge on any atom is -0.305 e. The molecule has 0 aliphatic heterocycles. The molecular formula is C16H16ClFN2O. The first-order chi connectivity index (χ1) is 9.97. The first kappa shape index (κ1) is 15.4. The zero-order valence-electron chi connectivity index (χ0n) is 11.9. The number of carbonyl (C=O) groups is 1. The number of carbonyl (C=O) groups excluding carboxylic acids is 1. The lowest BCUT2D eigenvalue weighted by Gasteiger charge is -2.24. The van der Waals surface area contributed by atoms with Gasteiger partial charge in [-0.15, -0.1) is 11.6 Å². The summed E-state index contributed by atoms with van der Waals surface area (Å²) in [4.78, 5) is 18.0. The summed E-state index contributed by atoms with van der Waals surface area (Å²) in [5.41, 5.74) is 2.45. The van der Waals surface area contributed by atoms with E-state index in [-0.39, 0.29) is 11.7 Å². The van der Waals surface area contributed by atoms with Gasteiger partial charge in [-0.3, -0.25) is 9.78 Å². The molecule has 21 heavy (non-hydrogen) atoms. The lowest BCUT2D eigenvalue weighted by molar-refractivity contribution is -0.118. The molecule has 0 N–H and O–H groups in total. The van der Waals surface area contributed by atoms with Crippen molar-refractivity contribution in [2.75, 3.05) is 4.90 Å². The van der Waals surface area contributed by atoms with Gasteiger partial charge in [0.2, 0.25) is 5.91 Å². The minimum atomic E-state index is -0.647. The topological polar surface area (TPSA) is 33.2 Å². The van der Waals surface area contributed by atoms with Crippen molar-refractivity contribution in [3.05, 3.63) is 59.7 Å². The van der Waals surface area contributed by atoms with Crippen LogP contribution in [0.5, 0.6) is 0 Å². The van der Waals surface area contributed by atoms with E-state index < -0.39 is 5.38 Å². The van der Waals surface area contributed by atoms with Crippen LogP contribution in [0.4, 0.5) is 10.1 Å². The van der Waals surface area contributed by atoms with Crippen molar-refractivity contribution < 1.29 is 9.18 Å². The zero-order chi connectivity index (χ0) is 15.4. The monoisotopic (exact) mass is 306 g/mol. The van der Waals surface area contributed by atoms with Crippen LogP contribution in [0, 0.1) is 12.7 Å². The predicted molar refractivity (Wildman–Crippen MR) is 81.9 cm³/mol. The largest absolute Gasteiger partial charge is 0.305 e. The molecule has 0 spiro atoms. The van der Waals surface area contributed by atoms with Gasteiger partial charge in [0.05, 0.1) is 18.4 Å². The Hall–Kier alpha value is -1.94. The molecule has 3 nitrogen and oxygen atoms in total. The third kappa shape index (κ3) is 4.02. The molecule has 0 radical (unpaired) electrons. The van der Waals surface area contributed by atoms with E-state index in [2.05, 4.69) is 4.98 Å². The maximum Gasteiger partial charge on any atom is 0.245 e. The van der Waals surface area contributed by atoms with Gasteiger partial charge in [-0.1, -0.05) is 12.1 Å². The number of anilines is 1. The van der Waals surface area contributed by atoms with Crippen LogP contribution in [0.15, 0.2) is 42.7 Å². The maximum absolute atomic E-state index is 13.0. The van der Waals surface area contributed by atoms with Crippen LogP contribution in [0.1, 0.15) is 18.1 Å². The molecule has 1 heterocycles. The van der Waals surface area contributed by atoms with Crippen LogP contribution in [0.25, 0.3) is 0 Å². The molecule has 0 bridgehead atoms. The van der Waals surface area contributed by atoms with E-state index >= 15 is 0 Å². The SMILES string of the molecule is Cc1cncc(N(Cc2ccc(F)cc2)C(=O)C(C)Cl)c1. The minimum absolute atomic E-state index is 0.214. The number of aromatic nitrogens is 1. The first-order valence-corrected chi connectivity index (χ1v) is 7.02. The number of aryl methyl sites for hydroxylation is 1. The number of pyridine rings is 1. The molecule has 0 aliphatic rings. The Morgan fingerprint density at radius 1 is 1.33 bits per heavy atom. The normalized spacial score (nSPS) is 12.0. The zero-order valence-corrected chi connectivity index (χ0v) is 12.6. The van der Waals surface area contributed by atoms with Crippen LogP contribution in [0.2, 0.25) is 0 Å². The fraction of sp³-hybridized carbons (Fsp3) is 0.250. The van der Waals surface area contributed by atoms with Crippen LogP contribution in [0.3, 0.4) is 0 Å². The van der Waals surface area contributed by atoms with E-state index in [1.807, 2.05) is 13.0 Å². The van der Waals surface area contributed by atoms with Crippen molar-refractivity contribution >= 4 is 23.2 Å². The Bertz CT molecular complexity index is 628. The van der Waals surface area contributed by atoms with Gasteiger partial charge in [0.15, 0.2) is 0 Å². The molecule has 0 saturated heterocycles. The maximum atomic E-state index is 13.0. The number of halogens is 2. The molecular weight excluding hydrogens is 291 g/mol. The molecule has 1 atom stereocenters. The van der Waals surface area contributed by atoms with E-state index in [9.17, 15) is 9.18 Å². The molecule has 2 aromatic rings. The third-order valence-electron chi connectivity index (χ3n) is 3.03. The summed E-state index contributed by atoms with van der Waals surface area (Å²) in [6, 6.07) is 7.91. The Kier molecular flexibility index (Phi) is 4.91. The van der Waals surface area contributed by atoms with Gasteiger partial charge in [0.25, 0.3) is 0 Å². The van der Waals surface area contributed by atoms with E-state index in [4.69, 9.17) is 11.6 Å². The molecule has 2 rings (SSSR count). The van der Waals surface area contributed by atoms with Crippen molar-refractivity contribution in [1.82, 2.24) is 4.98 Å². The summed E-state index contributed by atoms with van der Waals surface area (Å²) < 4.78 is 13.0. The molecule has 1 aromatic carbocycles. The first-order valence-electron chi connectivity index (χ1n) is 6.59. The molecule has 0 saturated carbocycles. The number of hydrogen-bond acceptors (Lipinski definition) is 2. The number of amides is 1. The highest BCUT2D eigenvalue weighted by molar-refractivity contribution is 6.32. The smallest absolute Gasteiger partial charge is 0.245 e. The molecule has 1 unspecified atom stereocenters. The predicted octanol–water partition coefficient (Wildman–Crippen LogP) is 3.69. The lowest BCUT2D eigenvalue weighted by Crippen LogP contribution is -2.35. The van der Waals surface area contributed by atoms with Gasteiger partial charge in [-0.05, 0) is 43.2 Å². The van der Waals surface area contributed by atoms with Gasteiger partial charge < -0.3 is 4.90 Å². The van der Waals surface area contributed by atoms with Crippen molar-refractivity contribution in [3.8, 4) is 0 Å². The van der Waals surface area contributed by atoms with Gasteiger partial charge in [-0.2, -0.15) is 0 Å². The summed E-state index contributed by atoms with van der Waals surface area (Å²) >= 11 is 5.93. The summed E-state index contributed by atoms with van der Waals surface area (Å²) in [6.45, 7) is 3.85. The van der Waals surface area contributed by atoms with Crippen molar-refractivity contribution in [2.45, 2.75) is 25.8 Å². The van der Waals surface area contributed by atoms with Crippen LogP contribution >= 0.6 is 11.6 Å². The standard InChI is InChI=1S/C16H16ClFN2O/c1-11-7-15(9-19-8-11)20(16(21)12(2)17)10-13-3-5-14(18)6-4-13/h3-9,12H,10H2,1-2H3. The number of alkyl halides is 1.